The van der Waals surface area contributed by atoms with Gasteiger partial charge in [0.25, 0.3) is 0 Å². The van der Waals surface area contributed by atoms with Gasteiger partial charge in [-0.15, -0.1) is 0 Å². The molecule has 0 atom stereocenters. The summed E-state index contributed by atoms with van der Waals surface area (Å²) in [6.45, 7) is 0.717. The van der Waals surface area contributed by atoms with Gasteiger partial charge in [-0.05, 0) is 12.8 Å². The summed E-state index contributed by atoms with van der Waals surface area (Å²) in [5, 5.41) is 9.03. The van der Waals surface area contributed by atoms with Crippen LogP contribution in [0, 0.1) is 11.3 Å². The van der Waals surface area contributed by atoms with E-state index in [4.69, 9.17) is 16.9 Å². The topological polar surface area (TPSA) is 52.8 Å². The molecule has 1 fully saturated rings. The molecule has 78 valence electrons. The molecule has 2 rings (SSSR count). The van der Waals surface area contributed by atoms with E-state index in [2.05, 4.69) is 20.9 Å². The SMILES string of the molecule is N#CCCN(c1cc(Cl)ncn1)C1CC1. The standard InChI is InChI=1S/C10H11ClN4/c11-9-6-10(14-7-13-9)15(5-1-4-12)8-2-3-8/h6-8H,1-3,5H2. The van der Waals surface area contributed by atoms with E-state index in [0.717, 1.165) is 5.82 Å². The molecule has 1 aromatic rings. The summed E-state index contributed by atoms with van der Waals surface area (Å²) in [6, 6.07) is 4.43. The zero-order chi connectivity index (χ0) is 10.7. The number of anilines is 1. The van der Waals surface area contributed by atoms with Crippen molar-refractivity contribution in [3.05, 3.63) is 17.5 Å². The highest BCUT2D eigenvalue weighted by atomic mass is 35.5. The lowest BCUT2D eigenvalue weighted by Crippen LogP contribution is -2.27. The lowest BCUT2D eigenvalue weighted by atomic mass is 10.3. The fourth-order valence-electron chi connectivity index (χ4n) is 1.52. The Morgan fingerprint density at radius 2 is 2.33 bits per heavy atom. The van der Waals surface area contributed by atoms with Crippen LogP contribution in [0.2, 0.25) is 5.15 Å². The van der Waals surface area contributed by atoms with E-state index in [1.165, 1.54) is 19.2 Å². The third kappa shape index (κ3) is 2.57. The molecule has 0 bridgehead atoms. The average Bonchev–Trinajstić information content (AvgIpc) is 3.03. The van der Waals surface area contributed by atoms with Crippen LogP contribution >= 0.6 is 11.6 Å². The van der Waals surface area contributed by atoms with Crippen molar-refractivity contribution in [3.63, 3.8) is 0 Å². The highest BCUT2D eigenvalue weighted by molar-refractivity contribution is 6.29. The number of nitrogens with zero attached hydrogens (tertiary/aromatic N) is 4. The van der Waals surface area contributed by atoms with Crippen LogP contribution in [0.5, 0.6) is 0 Å². The molecule has 1 aromatic heterocycles. The third-order valence-corrected chi connectivity index (χ3v) is 2.57. The molecule has 1 saturated carbocycles. The monoisotopic (exact) mass is 222 g/mol. The zero-order valence-electron chi connectivity index (χ0n) is 8.23. The predicted molar refractivity (Wildman–Crippen MR) is 57.6 cm³/mol. The Bertz CT molecular complexity index is 383. The summed E-state index contributed by atoms with van der Waals surface area (Å²) < 4.78 is 0. The van der Waals surface area contributed by atoms with E-state index in [9.17, 15) is 0 Å². The molecule has 1 aliphatic carbocycles. The van der Waals surface area contributed by atoms with Crippen LogP contribution in [0.25, 0.3) is 0 Å². The van der Waals surface area contributed by atoms with Crippen LogP contribution in [-0.4, -0.2) is 22.6 Å². The van der Waals surface area contributed by atoms with Crippen LogP contribution in [-0.2, 0) is 0 Å². The van der Waals surface area contributed by atoms with Crippen molar-refractivity contribution in [2.75, 3.05) is 11.4 Å². The second-order valence-corrected chi connectivity index (χ2v) is 3.92. The molecule has 0 radical (unpaired) electrons. The minimum absolute atomic E-state index is 0.447. The number of hydrogen-bond donors (Lipinski definition) is 0. The summed E-state index contributed by atoms with van der Waals surface area (Å²) >= 11 is 5.81. The third-order valence-electron chi connectivity index (χ3n) is 2.37. The molecule has 1 aliphatic rings. The van der Waals surface area contributed by atoms with Crippen molar-refractivity contribution in [1.82, 2.24) is 9.97 Å². The van der Waals surface area contributed by atoms with E-state index >= 15 is 0 Å². The first-order chi connectivity index (χ1) is 7.31. The van der Waals surface area contributed by atoms with Gasteiger partial charge in [-0.2, -0.15) is 5.26 Å². The number of halogens is 1. The van der Waals surface area contributed by atoms with Gasteiger partial charge in [0.15, 0.2) is 0 Å². The van der Waals surface area contributed by atoms with Crippen LogP contribution in [0.4, 0.5) is 5.82 Å². The zero-order valence-corrected chi connectivity index (χ0v) is 8.98. The fourth-order valence-corrected chi connectivity index (χ4v) is 1.66. The van der Waals surface area contributed by atoms with E-state index in [0.29, 0.717) is 24.2 Å². The van der Waals surface area contributed by atoms with Gasteiger partial charge in [0.2, 0.25) is 0 Å². The largest absolute Gasteiger partial charge is 0.352 e. The maximum absolute atomic E-state index is 8.58. The molecule has 0 saturated heterocycles. The molecule has 5 heteroatoms. The van der Waals surface area contributed by atoms with Gasteiger partial charge in [0.05, 0.1) is 12.5 Å². The lowest BCUT2D eigenvalue weighted by molar-refractivity contribution is 0.775. The minimum Gasteiger partial charge on any atom is -0.352 e. The predicted octanol–water partition coefficient (Wildman–Crippen LogP) is 2.01. The van der Waals surface area contributed by atoms with Gasteiger partial charge in [-0.1, -0.05) is 11.6 Å². The van der Waals surface area contributed by atoms with Gasteiger partial charge in [0, 0.05) is 18.7 Å². The van der Waals surface area contributed by atoms with Crippen LogP contribution in [0.1, 0.15) is 19.3 Å². The van der Waals surface area contributed by atoms with Crippen molar-refractivity contribution in [3.8, 4) is 6.07 Å². The maximum Gasteiger partial charge on any atom is 0.134 e. The minimum atomic E-state index is 0.447. The van der Waals surface area contributed by atoms with E-state index in [1.54, 1.807) is 6.07 Å². The van der Waals surface area contributed by atoms with Crippen LogP contribution < -0.4 is 4.90 Å². The highest BCUT2D eigenvalue weighted by Crippen LogP contribution is 2.31. The summed E-state index contributed by atoms with van der Waals surface area (Å²) in [6.07, 6.45) is 4.32. The second kappa shape index (κ2) is 4.45. The summed E-state index contributed by atoms with van der Waals surface area (Å²) in [7, 11) is 0. The Morgan fingerprint density at radius 1 is 1.53 bits per heavy atom. The first-order valence-corrected chi connectivity index (χ1v) is 5.30. The Balaban J connectivity index is 2.13. The first kappa shape index (κ1) is 10.2. The molecule has 0 aliphatic heterocycles. The van der Waals surface area contributed by atoms with Crippen molar-refractivity contribution < 1.29 is 0 Å². The molecular weight excluding hydrogens is 212 g/mol. The fraction of sp³-hybridized carbons (Fsp3) is 0.500. The molecular formula is C10H11ClN4. The maximum atomic E-state index is 8.58. The molecule has 0 amide bonds. The number of nitriles is 1. The lowest BCUT2D eigenvalue weighted by Gasteiger charge is -2.21. The summed E-state index contributed by atoms with van der Waals surface area (Å²) in [4.78, 5) is 10.2. The van der Waals surface area contributed by atoms with Crippen LogP contribution in [0.15, 0.2) is 12.4 Å². The Hall–Kier alpha value is -1.34. The number of aromatic nitrogens is 2. The van der Waals surface area contributed by atoms with Crippen molar-refractivity contribution in [2.45, 2.75) is 25.3 Å². The van der Waals surface area contributed by atoms with Crippen LogP contribution in [0.3, 0.4) is 0 Å². The highest BCUT2D eigenvalue weighted by Gasteiger charge is 2.29. The van der Waals surface area contributed by atoms with Gasteiger partial charge in [0.1, 0.15) is 17.3 Å². The Morgan fingerprint density at radius 3 is 2.93 bits per heavy atom. The molecule has 0 spiro atoms. The Labute approximate surface area is 93.5 Å². The van der Waals surface area contributed by atoms with Crippen molar-refractivity contribution in [2.24, 2.45) is 0 Å². The first-order valence-electron chi connectivity index (χ1n) is 4.92. The molecule has 15 heavy (non-hydrogen) atoms. The van der Waals surface area contributed by atoms with Gasteiger partial charge >= 0.3 is 0 Å². The van der Waals surface area contributed by atoms with Crippen molar-refractivity contribution >= 4 is 17.4 Å². The summed E-state index contributed by atoms with van der Waals surface area (Å²) in [5.41, 5.74) is 0. The molecule has 0 unspecified atom stereocenters. The van der Waals surface area contributed by atoms with Gasteiger partial charge in [-0.25, -0.2) is 9.97 Å². The number of hydrogen-bond acceptors (Lipinski definition) is 4. The molecule has 0 N–H and O–H groups in total. The second-order valence-electron chi connectivity index (χ2n) is 3.53. The Kier molecular flexibility index (Phi) is 3.02. The van der Waals surface area contributed by atoms with Gasteiger partial charge < -0.3 is 4.90 Å². The molecule has 0 aromatic carbocycles. The smallest absolute Gasteiger partial charge is 0.134 e. The average molecular weight is 223 g/mol. The molecule has 4 nitrogen and oxygen atoms in total. The van der Waals surface area contributed by atoms with E-state index < -0.39 is 0 Å². The van der Waals surface area contributed by atoms with Gasteiger partial charge in [-0.3, -0.25) is 0 Å². The summed E-state index contributed by atoms with van der Waals surface area (Å²) in [5.74, 6) is 0.827. The number of rotatable bonds is 4. The normalized spacial score (nSPS) is 14.7. The quantitative estimate of drug-likeness (QED) is 0.732. The van der Waals surface area contributed by atoms with E-state index in [-0.39, 0.29) is 0 Å². The van der Waals surface area contributed by atoms with Crippen molar-refractivity contribution in [1.29, 1.82) is 5.26 Å². The van der Waals surface area contributed by atoms with E-state index in [1.807, 2.05) is 0 Å². The molecule has 1 heterocycles.